The third kappa shape index (κ3) is 3.50. The lowest BCUT2D eigenvalue weighted by Gasteiger charge is -2.34. The molecule has 7 heteroatoms. The SMILES string of the molecule is Cc1ccccc1C(=O)N1CCN(S(=O)(=O)c2ccc(F)cc2C)CC1. The second-order valence-corrected chi connectivity index (χ2v) is 8.33. The van der Waals surface area contributed by atoms with Gasteiger partial charge < -0.3 is 4.90 Å². The van der Waals surface area contributed by atoms with Crippen LogP contribution in [0.25, 0.3) is 0 Å². The first-order valence-corrected chi connectivity index (χ1v) is 9.86. The van der Waals surface area contributed by atoms with Crippen molar-refractivity contribution in [3.63, 3.8) is 0 Å². The van der Waals surface area contributed by atoms with Crippen molar-refractivity contribution in [2.24, 2.45) is 0 Å². The number of carbonyl (C=O) groups is 1. The van der Waals surface area contributed by atoms with Crippen molar-refractivity contribution in [1.29, 1.82) is 0 Å². The van der Waals surface area contributed by atoms with Gasteiger partial charge in [0.2, 0.25) is 10.0 Å². The quantitative estimate of drug-likeness (QED) is 0.827. The Morgan fingerprint density at radius 1 is 0.962 bits per heavy atom. The molecule has 0 radical (unpaired) electrons. The molecule has 0 N–H and O–H groups in total. The number of amides is 1. The lowest BCUT2D eigenvalue weighted by atomic mass is 10.1. The smallest absolute Gasteiger partial charge is 0.254 e. The molecule has 1 saturated heterocycles. The van der Waals surface area contributed by atoms with Crippen molar-refractivity contribution in [1.82, 2.24) is 9.21 Å². The number of benzene rings is 2. The number of hydrogen-bond donors (Lipinski definition) is 0. The van der Waals surface area contributed by atoms with Crippen LogP contribution in [-0.2, 0) is 10.0 Å². The number of nitrogens with zero attached hydrogens (tertiary/aromatic N) is 2. The van der Waals surface area contributed by atoms with Gasteiger partial charge in [-0.2, -0.15) is 4.31 Å². The van der Waals surface area contributed by atoms with Gasteiger partial charge >= 0.3 is 0 Å². The molecule has 2 aromatic carbocycles. The first-order chi connectivity index (χ1) is 12.3. The minimum absolute atomic E-state index is 0.0851. The van der Waals surface area contributed by atoms with Gasteiger partial charge in [-0.25, -0.2) is 12.8 Å². The van der Waals surface area contributed by atoms with E-state index in [9.17, 15) is 17.6 Å². The third-order valence-electron chi connectivity index (χ3n) is 4.66. The minimum Gasteiger partial charge on any atom is -0.336 e. The average molecular weight is 376 g/mol. The molecule has 0 aromatic heterocycles. The standard InChI is InChI=1S/C19H21FN2O3S/c1-14-5-3-4-6-17(14)19(23)21-9-11-22(12-10-21)26(24,25)18-8-7-16(20)13-15(18)2/h3-8,13H,9-12H2,1-2H3. The summed E-state index contributed by atoms with van der Waals surface area (Å²) in [6.07, 6.45) is 0. The molecular formula is C19H21FN2O3S. The lowest BCUT2D eigenvalue weighted by Crippen LogP contribution is -2.50. The van der Waals surface area contributed by atoms with Crippen LogP contribution in [0.1, 0.15) is 21.5 Å². The highest BCUT2D eigenvalue weighted by molar-refractivity contribution is 7.89. The van der Waals surface area contributed by atoms with Crippen LogP contribution in [0.5, 0.6) is 0 Å². The summed E-state index contributed by atoms with van der Waals surface area (Å²) in [6.45, 7) is 4.55. The van der Waals surface area contributed by atoms with E-state index in [1.165, 1.54) is 16.4 Å². The number of rotatable bonds is 3. The predicted octanol–water partition coefficient (Wildman–Crippen LogP) is 2.59. The Balaban J connectivity index is 1.74. The van der Waals surface area contributed by atoms with E-state index in [0.717, 1.165) is 11.6 Å². The van der Waals surface area contributed by atoms with Crippen molar-refractivity contribution in [3.8, 4) is 0 Å². The Hall–Kier alpha value is -2.25. The summed E-state index contributed by atoms with van der Waals surface area (Å²) in [5.74, 6) is -0.548. The van der Waals surface area contributed by atoms with Crippen molar-refractivity contribution in [2.75, 3.05) is 26.2 Å². The van der Waals surface area contributed by atoms with Crippen molar-refractivity contribution >= 4 is 15.9 Å². The fraction of sp³-hybridized carbons (Fsp3) is 0.316. The van der Waals surface area contributed by atoms with Crippen LogP contribution < -0.4 is 0 Å². The molecule has 0 spiro atoms. The van der Waals surface area contributed by atoms with Gasteiger partial charge in [-0.05, 0) is 49.2 Å². The number of halogens is 1. The van der Waals surface area contributed by atoms with E-state index in [-0.39, 0.29) is 23.9 Å². The highest BCUT2D eigenvalue weighted by Gasteiger charge is 2.31. The topological polar surface area (TPSA) is 57.7 Å². The molecule has 0 unspecified atom stereocenters. The average Bonchev–Trinajstić information content (AvgIpc) is 2.61. The largest absolute Gasteiger partial charge is 0.336 e. The van der Waals surface area contributed by atoms with Gasteiger partial charge in [0.25, 0.3) is 5.91 Å². The molecule has 1 aliphatic heterocycles. The van der Waals surface area contributed by atoms with Crippen molar-refractivity contribution < 1.29 is 17.6 Å². The molecule has 5 nitrogen and oxygen atoms in total. The van der Waals surface area contributed by atoms with E-state index in [1.54, 1.807) is 17.9 Å². The Kier molecular flexibility index (Phi) is 5.11. The summed E-state index contributed by atoms with van der Waals surface area (Å²) >= 11 is 0. The summed E-state index contributed by atoms with van der Waals surface area (Å²) in [5, 5.41) is 0. The van der Waals surface area contributed by atoms with E-state index in [2.05, 4.69) is 0 Å². The Morgan fingerprint density at radius 2 is 1.62 bits per heavy atom. The second kappa shape index (κ2) is 7.17. The van der Waals surface area contributed by atoms with Gasteiger partial charge in [-0.3, -0.25) is 4.79 Å². The van der Waals surface area contributed by atoms with Crippen LogP contribution in [-0.4, -0.2) is 49.7 Å². The number of carbonyl (C=O) groups excluding carboxylic acids is 1. The Bertz CT molecular complexity index is 936. The van der Waals surface area contributed by atoms with E-state index >= 15 is 0 Å². The first-order valence-electron chi connectivity index (χ1n) is 8.42. The van der Waals surface area contributed by atoms with Gasteiger partial charge in [-0.1, -0.05) is 18.2 Å². The molecule has 0 atom stereocenters. The molecule has 138 valence electrons. The molecule has 3 rings (SSSR count). The molecule has 1 heterocycles. The van der Waals surface area contributed by atoms with Crippen LogP contribution in [0.2, 0.25) is 0 Å². The molecule has 1 fully saturated rings. The highest BCUT2D eigenvalue weighted by Crippen LogP contribution is 2.22. The maximum Gasteiger partial charge on any atom is 0.254 e. The number of sulfonamides is 1. The number of aryl methyl sites for hydroxylation is 2. The summed E-state index contributed by atoms with van der Waals surface area (Å²) in [6, 6.07) is 11.0. The molecule has 0 saturated carbocycles. The first kappa shape index (κ1) is 18.5. The summed E-state index contributed by atoms with van der Waals surface area (Å²) in [4.78, 5) is 14.4. The molecular weight excluding hydrogens is 355 g/mol. The van der Waals surface area contributed by atoms with Crippen LogP contribution in [0.3, 0.4) is 0 Å². The predicted molar refractivity (Wildman–Crippen MR) is 97.0 cm³/mol. The summed E-state index contributed by atoms with van der Waals surface area (Å²) in [7, 11) is -3.70. The van der Waals surface area contributed by atoms with Crippen LogP contribution in [0, 0.1) is 19.7 Å². The molecule has 1 aliphatic rings. The van der Waals surface area contributed by atoms with Gasteiger partial charge in [0.05, 0.1) is 4.90 Å². The van der Waals surface area contributed by atoms with E-state index in [1.807, 2.05) is 25.1 Å². The van der Waals surface area contributed by atoms with Crippen molar-refractivity contribution in [3.05, 3.63) is 65.0 Å². The van der Waals surface area contributed by atoms with E-state index in [4.69, 9.17) is 0 Å². The zero-order valence-electron chi connectivity index (χ0n) is 14.8. The summed E-state index contributed by atoms with van der Waals surface area (Å²) < 4.78 is 40.3. The van der Waals surface area contributed by atoms with Crippen LogP contribution in [0.15, 0.2) is 47.4 Å². The maximum atomic E-state index is 13.3. The number of hydrogen-bond acceptors (Lipinski definition) is 3. The number of piperazine rings is 1. The lowest BCUT2D eigenvalue weighted by molar-refractivity contribution is 0.0697. The van der Waals surface area contributed by atoms with Gasteiger partial charge in [0.15, 0.2) is 0 Å². The molecule has 2 aromatic rings. The zero-order valence-corrected chi connectivity index (χ0v) is 15.6. The second-order valence-electron chi connectivity index (χ2n) is 6.42. The third-order valence-corrected chi connectivity index (χ3v) is 6.71. The molecule has 26 heavy (non-hydrogen) atoms. The van der Waals surface area contributed by atoms with Crippen LogP contribution in [0.4, 0.5) is 4.39 Å². The van der Waals surface area contributed by atoms with E-state index in [0.29, 0.717) is 24.2 Å². The molecule has 1 amide bonds. The fourth-order valence-corrected chi connectivity index (χ4v) is 4.78. The normalized spacial score (nSPS) is 15.9. The Morgan fingerprint density at radius 3 is 2.23 bits per heavy atom. The monoisotopic (exact) mass is 376 g/mol. The highest BCUT2D eigenvalue weighted by atomic mass is 32.2. The van der Waals surface area contributed by atoms with Gasteiger partial charge in [-0.15, -0.1) is 0 Å². The summed E-state index contributed by atoms with van der Waals surface area (Å²) in [5.41, 5.74) is 1.91. The fourth-order valence-electron chi connectivity index (χ4n) is 3.16. The van der Waals surface area contributed by atoms with Crippen LogP contribution >= 0.6 is 0 Å². The molecule has 0 aliphatic carbocycles. The Labute approximate surface area is 153 Å². The van der Waals surface area contributed by atoms with E-state index < -0.39 is 15.8 Å². The van der Waals surface area contributed by atoms with Crippen molar-refractivity contribution in [2.45, 2.75) is 18.7 Å². The van der Waals surface area contributed by atoms with Gasteiger partial charge in [0, 0.05) is 31.7 Å². The maximum absolute atomic E-state index is 13.3. The zero-order chi connectivity index (χ0) is 18.9. The minimum atomic E-state index is -3.70. The van der Waals surface area contributed by atoms with Gasteiger partial charge in [0.1, 0.15) is 5.82 Å². The molecule has 0 bridgehead atoms.